The predicted octanol–water partition coefficient (Wildman–Crippen LogP) is 3.30. The number of aliphatic hydroxyl groups is 1. The van der Waals surface area contributed by atoms with Gasteiger partial charge in [0.25, 0.3) is 5.91 Å². The molecule has 1 aliphatic heterocycles. The second-order valence-electron chi connectivity index (χ2n) is 7.24. The number of thiophene rings is 1. The van der Waals surface area contributed by atoms with Gasteiger partial charge in [-0.15, -0.1) is 11.3 Å². The zero-order chi connectivity index (χ0) is 21.8. The van der Waals surface area contributed by atoms with E-state index < -0.39 is 17.7 Å². The van der Waals surface area contributed by atoms with Gasteiger partial charge in [0.15, 0.2) is 17.3 Å². The molecule has 1 aliphatic rings. The second kappa shape index (κ2) is 9.32. The Hall–Kier alpha value is -2.84. The van der Waals surface area contributed by atoms with Gasteiger partial charge in [0, 0.05) is 6.54 Å². The highest BCUT2D eigenvalue weighted by Crippen LogP contribution is 2.42. The van der Waals surface area contributed by atoms with Crippen molar-refractivity contribution in [1.82, 2.24) is 9.80 Å². The monoisotopic (exact) mass is 430 g/mol. The molecule has 0 spiro atoms. The molecule has 2 heterocycles. The average Bonchev–Trinajstić information content (AvgIpc) is 3.35. The zero-order valence-corrected chi connectivity index (χ0v) is 18.4. The van der Waals surface area contributed by atoms with Crippen molar-refractivity contribution in [1.29, 1.82) is 0 Å². The van der Waals surface area contributed by atoms with Gasteiger partial charge >= 0.3 is 0 Å². The van der Waals surface area contributed by atoms with E-state index in [4.69, 9.17) is 9.47 Å². The van der Waals surface area contributed by atoms with Gasteiger partial charge in [0.2, 0.25) is 5.78 Å². The van der Waals surface area contributed by atoms with Crippen molar-refractivity contribution in [3.8, 4) is 11.5 Å². The summed E-state index contributed by atoms with van der Waals surface area (Å²) in [5.74, 6) is -0.328. The maximum atomic E-state index is 13.2. The summed E-state index contributed by atoms with van der Waals surface area (Å²) in [6, 6.07) is 8.03. The van der Waals surface area contributed by atoms with Gasteiger partial charge < -0.3 is 24.4 Å². The molecule has 1 aromatic heterocycles. The molecule has 2 aromatic rings. The van der Waals surface area contributed by atoms with Gasteiger partial charge in [0.05, 0.1) is 30.7 Å². The molecule has 0 fully saturated rings. The Labute approximate surface area is 180 Å². The molecule has 8 heteroatoms. The molecule has 30 heavy (non-hydrogen) atoms. The van der Waals surface area contributed by atoms with Crippen LogP contribution in [0.15, 0.2) is 47.0 Å². The fraction of sp³-hybridized carbons (Fsp3) is 0.364. The van der Waals surface area contributed by atoms with Crippen LogP contribution < -0.4 is 9.47 Å². The highest BCUT2D eigenvalue weighted by atomic mass is 32.1. The molecule has 1 aromatic carbocycles. The van der Waals surface area contributed by atoms with Crippen LogP contribution >= 0.6 is 11.3 Å². The summed E-state index contributed by atoms with van der Waals surface area (Å²) in [6.45, 7) is 1.18. The highest BCUT2D eigenvalue weighted by Gasteiger charge is 2.44. The largest absolute Gasteiger partial charge is 0.503 e. The van der Waals surface area contributed by atoms with Crippen molar-refractivity contribution >= 4 is 23.0 Å². The number of Topliss-reactive ketones (excluding diaryl/α,β-unsaturated/α-hetero) is 1. The van der Waals surface area contributed by atoms with Gasteiger partial charge in [-0.3, -0.25) is 9.59 Å². The summed E-state index contributed by atoms with van der Waals surface area (Å²) in [5.41, 5.74) is 0.773. The SMILES string of the molecule is COc1ccc([C@H]2C(C(=O)c3cccs3)=C(O)C(=O)N2CCCN(C)C)cc1OC. The smallest absolute Gasteiger partial charge is 0.290 e. The molecular formula is C22H26N2O5S. The van der Waals surface area contributed by atoms with E-state index in [9.17, 15) is 14.7 Å². The van der Waals surface area contributed by atoms with Gasteiger partial charge in [-0.2, -0.15) is 0 Å². The first-order chi connectivity index (χ1) is 14.4. The molecular weight excluding hydrogens is 404 g/mol. The average molecular weight is 431 g/mol. The second-order valence-corrected chi connectivity index (χ2v) is 8.19. The summed E-state index contributed by atoms with van der Waals surface area (Å²) in [6.07, 6.45) is 0.705. The van der Waals surface area contributed by atoms with E-state index in [2.05, 4.69) is 0 Å². The minimum atomic E-state index is -0.700. The molecule has 3 rings (SSSR count). The van der Waals surface area contributed by atoms with Crippen molar-refractivity contribution in [3.05, 3.63) is 57.5 Å². The Bertz CT molecular complexity index is 952. The lowest BCUT2D eigenvalue weighted by molar-refractivity contribution is -0.129. The minimum Gasteiger partial charge on any atom is -0.503 e. The van der Waals surface area contributed by atoms with Crippen molar-refractivity contribution in [2.24, 2.45) is 0 Å². The molecule has 1 N–H and O–H groups in total. The number of ether oxygens (including phenoxy) is 2. The van der Waals surface area contributed by atoms with Crippen LogP contribution in [-0.2, 0) is 4.79 Å². The number of benzene rings is 1. The van der Waals surface area contributed by atoms with E-state index in [0.717, 1.165) is 6.54 Å². The molecule has 1 amide bonds. The number of aliphatic hydroxyl groups excluding tert-OH is 1. The first kappa shape index (κ1) is 21.9. The van der Waals surface area contributed by atoms with Crippen molar-refractivity contribution in [2.75, 3.05) is 41.4 Å². The molecule has 0 bridgehead atoms. The Morgan fingerprint density at radius 2 is 1.93 bits per heavy atom. The number of hydrogen-bond acceptors (Lipinski definition) is 7. The van der Waals surface area contributed by atoms with Crippen LogP contribution in [0.1, 0.15) is 27.7 Å². The maximum absolute atomic E-state index is 13.2. The predicted molar refractivity (Wildman–Crippen MR) is 115 cm³/mol. The molecule has 7 nitrogen and oxygen atoms in total. The van der Waals surface area contributed by atoms with Crippen LogP contribution in [0.5, 0.6) is 11.5 Å². The van der Waals surface area contributed by atoms with Gasteiger partial charge in [0.1, 0.15) is 0 Å². The van der Waals surface area contributed by atoms with E-state index in [1.54, 1.807) is 47.7 Å². The Morgan fingerprint density at radius 1 is 1.20 bits per heavy atom. The molecule has 0 saturated heterocycles. The van der Waals surface area contributed by atoms with Crippen molar-refractivity contribution < 1.29 is 24.2 Å². The van der Waals surface area contributed by atoms with E-state index in [1.165, 1.54) is 18.4 Å². The molecule has 0 unspecified atom stereocenters. The lowest BCUT2D eigenvalue weighted by Gasteiger charge is -2.27. The van der Waals surface area contributed by atoms with E-state index in [-0.39, 0.29) is 11.4 Å². The number of hydrogen-bond donors (Lipinski definition) is 1. The molecule has 1 atom stereocenters. The standard InChI is InChI=1S/C22H26N2O5S/c1-23(2)10-6-11-24-19(14-8-9-15(28-3)16(13-14)29-4)18(21(26)22(24)27)20(25)17-7-5-12-30-17/h5,7-9,12-13,19,26H,6,10-11H2,1-4H3/t19-/m0/s1. The first-order valence-corrected chi connectivity index (χ1v) is 10.5. The topological polar surface area (TPSA) is 79.3 Å². The Balaban J connectivity index is 2.05. The third-order valence-corrected chi connectivity index (χ3v) is 5.89. The molecule has 0 aliphatic carbocycles. The summed E-state index contributed by atoms with van der Waals surface area (Å²) >= 11 is 1.28. The number of methoxy groups -OCH3 is 2. The quantitative estimate of drug-likeness (QED) is 0.615. The van der Waals surface area contributed by atoms with Gasteiger partial charge in [-0.1, -0.05) is 12.1 Å². The van der Waals surface area contributed by atoms with Gasteiger partial charge in [-0.25, -0.2) is 0 Å². The van der Waals surface area contributed by atoms with E-state index in [0.29, 0.717) is 34.9 Å². The first-order valence-electron chi connectivity index (χ1n) is 9.58. The van der Waals surface area contributed by atoms with Crippen LogP contribution in [0.2, 0.25) is 0 Å². The summed E-state index contributed by atoms with van der Waals surface area (Å²) < 4.78 is 10.7. The number of rotatable bonds is 9. The fourth-order valence-corrected chi connectivity index (χ4v) is 4.26. The normalized spacial score (nSPS) is 16.5. The van der Waals surface area contributed by atoms with E-state index >= 15 is 0 Å². The number of ketones is 1. The van der Waals surface area contributed by atoms with Crippen LogP contribution in [-0.4, -0.2) is 68.0 Å². The maximum Gasteiger partial charge on any atom is 0.290 e. The minimum absolute atomic E-state index is 0.0968. The summed E-state index contributed by atoms with van der Waals surface area (Å²) in [7, 11) is 6.99. The van der Waals surface area contributed by atoms with Crippen LogP contribution in [0.25, 0.3) is 0 Å². The van der Waals surface area contributed by atoms with Crippen LogP contribution in [0.4, 0.5) is 0 Å². The number of nitrogens with zero attached hydrogens (tertiary/aromatic N) is 2. The lowest BCUT2D eigenvalue weighted by Crippen LogP contribution is -2.33. The zero-order valence-electron chi connectivity index (χ0n) is 17.5. The van der Waals surface area contributed by atoms with Gasteiger partial charge in [-0.05, 0) is 56.2 Å². The van der Waals surface area contributed by atoms with Crippen molar-refractivity contribution in [2.45, 2.75) is 12.5 Å². The van der Waals surface area contributed by atoms with Crippen molar-refractivity contribution in [3.63, 3.8) is 0 Å². The molecule has 0 saturated carbocycles. The van der Waals surface area contributed by atoms with E-state index in [1.807, 2.05) is 19.0 Å². The number of carbonyl (C=O) groups excluding carboxylic acids is 2. The summed E-state index contributed by atoms with van der Waals surface area (Å²) in [4.78, 5) is 30.2. The number of amides is 1. The molecule has 160 valence electrons. The highest BCUT2D eigenvalue weighted by molar-refractivity contribution is 7.12. The number of carbonyl (C=O) groups is 2. The summed E-state index contributed by atoms with van der Waals surface area (Å²) in [5, 5.41) is 12.5. The third-order valence-electron chi connectivity index (χ3n) is 5.02. The van der Waals surface area contributed by atoms with Crippen LogP contribution in [0.3, 0.4) is 0 Å². The fourth-order valence-electron chi connectivity index (χ4n) is 3.58. The van der Waals surface area contributed by atoms with Crippen LogP contribution in [0, 0.1) is 0 Å². The lowest BCUT2D eigenvalue weighted by atomic mass is 9.95. The molecule has 0 radical (unpaired) electrons. The Kier molecular flexibility index (Phi) is 6.79. The Morgan fingerprint density at radius 3 is 2.53 bits per heavy atom. The third kappa shape index (κ3) is 4.20.